The van der Waals surface area contributed by atoms with Crippen LogP contribution in [0.15, 0.2) is 18.2 Å². The lowest BCUT2D eigenvalue weighted by Gasteiger charge is -2.25. The van der Waals surface area contributed by atoms with E-state index in [1.807, 2.05) is 19.1 Å². The largest absolute Gasteiger partial charge is 0.504 e. The first-order valence-electron chi connectivity index (χ1n) is 6.63. The highest BCUT2D eigenvalue weighted by atomic mass is 16.5. The summed E-state index contributed by atoms with van der Waals surface area (Å²) in [6.07, 6.45) is 0.740. The van der Waals surface area contributed by atoms with Crippen molar-refractivity contribution in [3.63, 3.8) is 0 Å². The second kappa shape index (κ2) is 6.78. The molecule has 0 aliphatic rings. The Morgan fingerprint density at radius 2 is 2.05 bits per heavy atom. The quantitative estimate of drug-likeness (QED) is 0.709. The molecule has 0 spiro atoms. The zero-order valence-corrected chi connectivity index (χ0v) is 12.2. The Morgan fingerprint density at radius 3 is 2.63 bits per heavy atom. The van der Waals surface area contributed by atoms with Gasteiger partial charge in [0.25, 0.3) is 0 Å². The topological polar surface area (TPSA) is 61.7 Å². The van der Waals surface area contributed by atoms with Gasteiger partial charge in [0, 0.05) is 18.7 Å². The van der Waals surface area contributed by atoms with Crippen molar-refractivity contribution in [2.45, 2.75) is 39.3 Å². The van der Waals surface area contributed by atoms with Crippen LogP contribution in [0.1, 0.15) is 32.8 Å². The van der Waals surface area contributed by atoms with Gasteiger partial charge in [0.05, 0.1) is 12.7 Å². The molecule has 108 valence electrons. The minimum atomic E-state index is -0.733. The van der Waals surface area contributed by atoms with E-state index in [0.717, 1.165) is 12.0 Å². The molecule has 4 heteroatoms. The van der Waals surface area contributed by atoms with Crippen LogP contribution in [0, 0.1) is 5.92 Å². The highest BCUT2D eigenvalue weighted by molar-refractivity contribution is 5.45. The SMILES string of the molecule is COc1cccc(CNCC(C)(O)CC(C)C)c1O. The number of aromatic hydroxyl groups is 1. The highest BCUT2D eigenvalue weighted by Crippen LogP contribution is 2.29. The predicted octanol–water partition coefficient (Wildman–Crippen LogP) is 2.29. The van der Waals surface area contributed by atoms with Crippen LogP contribution >= 0.6 is 0 Å². The standard InChI is InChI=1S/C15H25NO3/c1-11(2)8-15(3,18)10-16-9-12-6-5-7-13(19-4)14(12)17/h5-7,11,16-18H,8-10H2,1-4H3. The molecule has 0 radical (unpaired) electrons. The second-order valence-corrected chi connectivity index (χ2v) is 5.67. The average molecular weight is 267 g/mol. The summed E-state index contributed by atoms with van der Waals surface area (Å²) < 4.78 is 5.06. The van der Waals surface area contributed by atoms with Crippen molar-refractivity contribution >= 4 is 0 Å². The molecule has 0 fully saturated rings. The summed E-state index contributed by atoms with van der Waals surface area (Å²) in [6, 6.07) is 5.39. The second-order valence-electron chi connectivity index (χ2n) is 5.67. The minimum Gasteiger partial charge on any atom is -0.504 e. The van der Waals surface area contributed by atoms with Gasteiger partial charge in [0.1, 0.15) is 0 Å². The Morgan fingerprint density at radius 1 is 1.37 bits per heavy atom. The molecule has 1 rings (SSSR count). The van der Waals surface area contributed by atoms with Crippen LogP contribution in [-0.2, 0) is 6.54 Å². The van der Waals surface area contributed by atoms with Crippen LogP contribution in [0.25, 0.3) is 0 Å². The number of rotatable bonds is 7. The first kappa shape index (κ1) is 15.8. The molecular formula is C15H25NO3. The van der Waals surface area contributed by atoms with Gasteiger partial charge in [-0.3, -0.25) is 0 Å². The van der Waals surface area contributed by atoms with Crippen molar-refractivity contribution in [2.24, 2.45) is 5.92 Å². The summed E-state index contributed by atoms with van der Waals surface area (Å²) in [4.78, 5) is 0. The Labute approximate surface area is 115 Å². The van der Waals surface area contributed by atoms with E-state index in [2.05, 4.69) is 19.2 Å². The Kier molecular flexibility index (Phi) is 5.63. The molecule has 0 saturated carbocycles. The van der Waals surface area contributed by atoms with E-state index in [1.54, 1.807) is 6.07 Å². The third kappa shape index (κ3) is 5.09. The fraction of sp³-hybridized carbons (Fsp3) is 0.600. The fourth-order valence-corrected chi connectivity index (χ4v) is 2.29. The maximum Gasteiger partial charge on any atom is 0.162 e. The Bertz CT molecular complexity index is 402. The zero-order valence-electron chi connectivity index (χ0n) is 12.2. The van der Waals surface area contributed by atoms with Gasteiger partial charge in [-0.1, -0.05) is 26.0 Å². The van der Waals surface area contributed by atoms with E-state index >= 15 is 0 Å². The molecule has 0 amide bonds. The van der Waals surface area contributed by atoms with Crippen LogP contribution < -0.4 is 10.1 Å². The van der Waals surface area contributed by atoms with E-state index in [4.69, 9.17) is 4.74 Å². The molecule has 1 unspecified atom stereocenters. The van der Waals surface area contributed by atoms with E-state index in [0.29, 0.717) is 24.8 Å². The van der Waals surface area contributed by atoms with Crippen LogP contribution in [0.4, 0.5) is 0 Å². The summed E-state index contributed by atoms with van der Waals surface area (Å²) in [5.41, 5.74) is 0.0301. The molecule has 1 atom stereocenters. The van der Waals surface area contributed by atoms with Crippen molar-refractivity contribution in [3.05, 3.63) is 23.8 Å². The first-order chi connectivity index (χ1) is 8.85. The zero-order chi connectivity index (χ0) is 14.5. The van der Waals surface area contributed by atoms with Gasteiger partial charge in [-0.05, 0) is 25.3 Å². The molecule has 0 aliphatic heterocycles. The normalized spacial score (nSPS) is 14.4. The number of para-hydroxylation sites is 1. The van der Waals surface area contributed by atoms with Crippen molar-refractivity contribution in [1.82, 2.24) is 5.32 Å². The summed E-state index contributed by atoms with van der Waals surface area (Å²) >= 11 is 0. The molecule has 0 aromatic heterocycles. The lowest BCUT2D eigenvalue weighted by Crippen LogP contribution is -2.38. The third-order valence-corrected chi connectivity index (χ3v) is 2.97. The molecule has 0 heterocycles. The van der Waals surface area contributed by atoms with Crippen molar-refractivity contribution in [2.75, 3.05) is 13.7 Å². The van der Waals surface area contributed by atoms with Crippen molar-refractivity contribution in [3.8, 4) is 11.5 Å². The molecule has 0 saturated heterocycles. The monoisotopic (exact) mass is 267 g/mol. The van der Waals surface area contributed by atoms with E-state index in [9.17, 15) is 10.2 Å². The van der Waals surface area contributed by atoms with E-state index in [-0.39, 0.29) is 5.75 Å². The number of nitrogens with one attached hydrogen (secondary N) is 1. The number of hydrogen-bond acceptors (Lipinski definition) is 4. The smallest absolute Gasteiger partial charge is 0.162 e. The Hall–Kier alpha value is -1.26. The fourth-order valence-electron chi connectivity index (χ4n) is 2.29. The van der Waals surface area contributed by atoms with Gasteiger partial charge in [0.15, 0.2) is 11.5 Å². The number of phenolic OH excluding ortho intramolecular Hbond substituents is 1. The van der Waals surface area contributed by atoms with Gasteiger partial charge in [-0.2, -0.15) is 0 Å². The number of aliphatic hydroxyl groups is 1. The van der Waals surface area contributed by atoms with Crippen LogP contribution in [0.2, 0.25) is 0 Å². The lowest BCUT2D eigenvalue weighted by molar-refractivity contribution is 0.0383. The maximum absolute atomic E-state index is 10.2. The van der Waals surface area contributed by atoms with E-state index in [1.165, 1.54) is 7.11 Å². The maximum atomic E-state index is 10.2. The molecular weight excluding hydrogens is 242 g/mol. The lowest BCUT2D eigenvalue weighted by atomic mass is 9.94. The molecule has 1 aromatic carbocycles. The number of methoxy groups -OCH3 is 1. The number of hydrogen-bond donors (Lipinski definition) is 3. The number of ether oxygens (including phenoxy) is 1. The van der Waals surface area contributed by atoms with Crippen LogP contribution in [-0.4, -0.2) is 29.5 Å². The molecule has 19 heavy (non-hydrogen) atoms. The van der Waals surface area contributed by atoms with E-state index < -0.39 is 5.60 Å². The third-order valence-electron chi connectivity index (χ3n) is 2.97. The predicted molar refractivity (Wildman–Crippen MR) is 76.4 cm³/mol. The molecule has 1 aromatic rings. The highest BCUT2D eigenvalue weighted by Gasteiger charge is 2.21. The van der Waals surface area contributed by atoms with Crippen LogP contribution in [0.3, 0.4) is 0 Å². The van der Waals surface area contributed by atoms with Crippen molar-refractivity contribution in [1.29, 1.82) is 0 Å². The molecule has 0 bridgehead atoms. The summed E-state index contributed by atoms with van der Waals surface area (Å²) in [6.45, 7) is 6.98. The van der Waals surface area contributed by atoms with Gasteiger partial charge in [-0.15, -0.1) is 0 Å². The molecule has 4 nitrogen and oxygen atoms in total. The Balaban J connectivity index is 2.54. The minimum absolute atomic E-state index is 0.154. The van der Waals surface area contributed by atoms with Crippen molar-refractivity contribution < 1.29 is 14.9 Å². The van der Waals surface area contributed by atoms with Gasteiger partial charge in [-0.25, -0.2) is 0 Å². The molecule has 3 N–H and O–H groups in total. The average Bonchev–Trinajstić information content (AvgIpc) is 2.29. The van der Waals surface area contributed by atoms with Crippen LogP contribution in [0.5, 0.6) is 11.5 Å². The number of benzene rings is 1. The molecule has 0 aliphatic carbocycles. The van der Waals surface area contributed by atoms with Gasteiger partial charge in [0.2, 0.25) is 0 Å². The summed E-state index contributed by atoms with van der Waals surface area (Å²) in [5.74, 6) is 1.07. The number of phenols is 1. The van der Waals surface area contributed by atoms with Gasteiger partial charge < -0.3 is 20.3 Å². The first-order valence-corrected chi connectivity index (χ1v) is 6.63. The summed E-state index contributed by atoms with van der Waals surface area (Å²) in [7, 11) is 1.53. The van der Waals surface area contributed by atoms with Gasteiger partial charge >= 0.3 is 0 Å². The summed E-state index contributed by atoms with van der Waals surface area (Å²) in [5, 5.41) is 23.3.